The second-order valence-electron chi connectivity index (χ2n) is 4.10. The van der Waals surface area contributed by atoms with Gasteiger partial charge in [0.1, 0.15) is 12.0 Å². The summed E-state index contributed by atoms with van der Waals surface area (Å²) in [5.74, 6) is 6.17. The lowest BCUT2D eigenvalue weighted by atomic mass is 10.3. The van der Waals surface area contributed by atoms with Crippen LogP contribution < -0.4 is 11.3 Å². The molecule has 0 aromatic carbocycles. The first-order valence-corrected chi connectivity index (χ1v) is 5.72. The van der Waals surface area contributed by atoms with Crippen LogP contribution in [0.25, 0.3) is 0 Å². The van der Waals surface area contributed by atoms with Crippen molar-refractivity contribution >= 4 is 11.7 Å². The molecule has 9 heteroatoms. The average molecular weight is 260 g/mol. The largest absolute Gasteiger partial charge is 0.328 e. The van der Waals surface area contributed by atoms with Crippen molar-refractivity contribution in [1.29, 1.82) is 0 Å². The Kier molecular flexibility index (Phi) is 2.80. The van der Waals surface area contributed by atoms with Gasteiger partial charge in [0, 0.05) is 13.1 Å². The number of fused-ring (bicyclic) bond motifs is 1. The van der Waals surface area contributed by atoms with Crippen molar-refractivity contribution in [1.82, 2.24) is 29.6 Å². The number of nitrogens with two attached hydrogens (primary N) is 1. The molecule has 0 fully saturated rings. The first-order valence-electron chi connectivity index (χ1n) is 5.72. The highest BCUT2D eigenvalue weighted by Gasteiger charge is 2.24. The minimum atomic E-state index is -0.196. The van der Waals surface area contributed by atoms with Gasteiger partial charge in [0.25, 0.3) is 5.91 Å². The third-order valence-corrected chi connectivity index (χ3v) is 2.93. The summed E-state index contributed by atoms with van der Waals surface area (Å²) in [7, 11) is 0. The summed E-state index contributed by atoms with van der Waals surface area (Å²) in [6, 6.07) is 0. The van der Waals surface area contributed by atoms with Gasteiger partial charge in [-0.3, -0.25) is 9.78 Å². The summed E-state index contributed by atoms with van der Waals surface area (Å²) in [5.41, 5.74) is 2.62. The van der Waals surface area contributed by atoms with Gasteiger partial charge in [0.05, 0.1) is 18.9 Å². The maximum Gasteiger partial charge on any atom is 0.274 e. The molecule has 2 aromatic rings. The number of hydrazine groups is 1. The van der Waals surface area contributed by atoms with Gasteiger partial charge in [-0.2, -0.15) is 0 Å². The number of aromatic nitrogens is 5. The Labute approximate surface area is 108 Å². The second kappa shape index (κ2) is 4.61. The maximum atomic E-state index is 12.3. The lowest BCUT2D eigenvalue weighted by molar-refractivity contribution is 0.0701. The summed E-state index contributed by atoms with van der Waals surface area (Å²) in [6.45, 7) is 1.68. The third-order valence-electron chi connectivity index (χ3n) is 2.93. The zero-order chi connectivity index (χ0) is 13.2. The Balaban J connectivity index is 1.81. The van der Waals surface area contributed by atoms with Crippen LogP contribution in [-0.2, 0) is 13.1 Å². The van der Waals surface area contributed by atoms with E-state index < -0.39 is 0 Å². The molecule has 9 nitrogen and oxygen atoms in total. The molecule has 0 radical (unpaired) electrons. The smallest absolute Gasteiger partial charge is 0.274 e. The molecule has 1 aliphatic heterocycles. The van der Waals surface area contributed by atoms with E-state index in [-0.39, 0.29) is 11.6 Å². The van der Waals surface area contributed by atoms with Crippen molar-refractivity contribution in [2.75, 3.05) is 12.0 Å². The lowest BCUT2D eigenvalue weighted by Crippen LogP contribution is -2.38. The zero-order valence-electron chi connectivity index (χ0n) is 10.0. The molecule has 0 aliphatic carbocycles. The minimum Gasteiger partial charge on any atom is -0.328 e. The van der Waals surface area contributed by atoms with Crippen molar-refractivity contribution in [2.24, 2.45) is 5.84 Å². The van der Waals surface area contributed by atoms with Crippen molar-refractivity contribution in [2.45, 2.75) is 13.1 Å². The number of rotatable bonds is 2. The molecule has 0 atom stereocenters. The molecule has 1 aliphatic rings. The van der Waals surface area contributed by atoms with E-state index in [0.717, 1.165) is 5.82 Å². The highest BCUT2D eigenvalue weighted by molar-refractivity contribution is 5.92. The number of amides is 1. The lowest BCUT2D eigenvalue weighted by Gasteiger charge is -2.26. The molecular formula is C10H12N8O. The molecule has 19 heavy (non-hydrogen) atoms. The zero-order valence-corrected chi connectivity index (χ0v) is 10.0. The van der Waals surface area contributed by atoms with Crippen LogP contribution in [0.5, 0.6) is 0 Å². The van der Waals surface area contributed by atoms with Gasteiger partial charge in [0.2, 0.25) is 0 Å². The number of nitrogens with zero attached hydrogens (tertiary/aromatic N) is 6. The molecule has 3 heterocycles. The fraction of sp³-hybridized carbons (Fsp3) is 0.300. The molecule has 0 spiro atoms. The number of nitrogens with one attached hydrogen (secondary N) is 1. The van der Waals surface area contributed by atoms with E-state index in [1.165, 1.54) is 12.4 Å². The van der Waals surface area contributed by atoms with Gasteiger partial charge in [-0.1, -0.05) is 0 Å². The van der Waals surface area contributed by atoms with Crippen LogP contribution in [0.3, 0.4) is 0 Å². The number of nitrogen functional groups attached to an aromatic ring is 1. The Hall–Kier alpha value is -2.55. The van der Waals surface area contributed by atoms with Gasteiger partial charge in [-0.05, 0) is 0 Å². The second-order valence-corrected chi connectivity index (χ2v) is 4.10. The van der Waals surface area contributed by atoms with Gasteiger partial charge < -0.3 is 14.9 Å². The quantitative estimate of drug-likeness (QED) is 0.526. The van der Waals surface area contributed by atoms with E-state index >= 15 is 0 Å². The fourth-order valence-corrected chi connectivity index (χ4v) is 1.94. The number of hydrogen-bond donors (Lipinski definition) is 2. The van der Waals surface area contributed by atoms with Crippen LogP contribution in [0.2, 0.25) is 0 Å². The summed E-state index contributed by atoms with van der Waals surface area (Å²) in [4.78, 5) is 22.0. The third kappa shape index (κ3) is 2.10. The summed E-state index contributed by atoms with van der Waals surface area (Å²) >= 11 is 0. The van der Waals surface area contributed by atoms with Crippen LogP contribution in [0.15, 0.2) is 18.7 Å². The van der Waals surface area contributed by atoms with Gasteiger partial charge in [-0.15, -0.1) is 10.2 Å². The fourth-order valence-electron chi connectivity index (χ4n) is 1.94. The molecule has 0 saturated heterocycles. The molecule has 1 amide bonds. The van der Waals surface area contributed by atoms with Crippen LogP contribution in [0, 0.1) is 0 Å². The number of carbonyl (C=O) groups excluding carboxylic acids is 1. The number of anilines is 1. The van der Waals surface area contributed by atoms with E-state index in [9.17, 15) is 4.79 Å². The van der Waals surface area contributed by atoms with Crippen molar-refractivity contribution in [3.8, 4) is 0 Å². The SMILES string of the molecule is NNc1cncc(C(=O)N2CCn3cnnc3C2)n1. The predicted molar refractivity (Wildman–Crippen MR) is 64.6 cm³/mol. The van der Waals surface area contributed by atoms with E-state index in [1.807, 2.05) is 4.57 Å². The Morgan fingerprint density at radius 2 is 2.26 bits per heavy atom. The Bertz CT molecular complexity index is 609. The van der Waals surface area contributed by atoms with Gasteiger partial charge in [-0.25, -0.2) is 10.8 Å². The van der Waals surface area contributed by atoms with Crippen molar-refractivity contribution in [3.63, 3.8) is 0 Å². The molecule has 0 unspecified atom stereocenters. The topological polar surface area (TPSA) is 115 Å². The summed E-state index contributed by atoms with van der Waals surface area (Å²) in [5, 5.41) is 7.79. The van der Waals surface area contributed by atoms with Crippen LogP contribution in [0.1, 0.15) is 16.3 Å². The standard InChI is InChI=1S/C10H12N8O/c11-15-8-4-12-3-7(14-8)10(19)17-1-2-18-6-13-16-9(18)5-17/h3-4,6H,1-2,5,11H2,(H,14,15). The average Bonchev–Trinajstić information content (AvgIpc) is 2.94. The molecule has 0 saturated carbocycles. The first-order chi connectivity index (χ1) is 9.28. The maximum absolute atomic E-state index is 12.3. The molecule has 98 valence electrons. The molecule has 2 aromatic heterocycles. The van der Waals surface area contributed by atoms with E-state index in [2.05, 4.69) is 25.6 Å². The van der Waals surface area contributed by atoms with Gasteiger partial charge in [0.15, 0.2) is 11.6 Å². The van der Waals surface area contributed by atoms with E-state index in [1.54, 1.807) is 11.2 Å². The predicted octanol–water partition coefficient (Wildman–Crippen LogP) is -0.990. The van der Waals surface area contributed by atoms with E-state index in [0.29, 0.717) is 25.5 Å². The highest BCUT2D eigenvalue weighted by Crippen LogP contribution is 2.12. The number of carbonyl (C=O) groups is 1. The Morgan fingerprint density at radius 3 is 3.11 bits per heavy atom. The minimum absolute atomic E-state index is 0.196. The highest BCUT2D eigenvalue weighted by atomic mass is 16.2. The van der Waals surface area contributed by atoms with Crippen molar-refractivity contribution in [3.05, 3.63) is 30.2 Å². The monoisotopic (exact) mass is 260 g/mol. The number of hydrogen-bond acceptors (Lipinski definition) is 7. The van der Waals surface area contributed by atoms with Crippen LogP contribution in [-0.4, -0.2) is 42.1 Å². The molecular weight excluding hydrogens is 248 g/mol. The summed E-state index contributed by atoms with van der Waals surface area (Å²) < 4.78 is 1.92. The van der Waals surface area contributed by atoms with Crippen LogP contribution >= 0.6 is 0 Å². The van der Waals surface area contributed by atoms with Crippen LogP contribution in [0.4, 0.5) is 5.82 Å². The first kappa shape index (κ1) is 11.5. The molecule has 3 rings (SSSR count). The van der Waals surface area contributed by atoms with Crippen molar-refractivity contribution < 1.29 is 4.79 Å². The van der Waals surface area contributed by atoms with Gasteiger partial charge >= 0.3 is 0 Å². The summed E-state index contributed by atoms with van der Waals surface area (Å²) in [6.07, 6.45) is 4.53. The normalized spacial score (nSPS) is 14.1. The van der Waals surface area contributed by atoms with E-state index in [4.69, 9.17) is 5.84 Å². The molecule has 0 bridgehead atoms. The molecule has 3 N–H and O–H groups in total. The Morgan fingerprint density at radius 1 is 1.37 bits per heavy atom.